The van der Waals surface area contributed by atoms with Gasteiger partial charge in [0.1, 0.15) is 11.6 Å². The van der Waals surface area contributed by atoms with Crippen LogP contribution in [0.4, 0.5) is 10.3 Å². The van der Waals surface area contributed by atoms with Crippen LogP contribution in [0.25, 0.3) is 5.69 Å². The third-order valence-corrected chi connectivity index (χ3v) is 6.26. The molecule has 1 aliphatic carbocycles. The monoisotopic (exact) mass is 460 g/mol. The van der Waals surface area contributed by atoms with Crippen molar-refractivity contribution in [2.24, 2.45) is 5.92 Å². The topological polar surface area (TPSA) is 34.0 Å². The van der Waals surface area contributed by atoms with Gasteiger partial charge in [0.2, 0.25) is 5.95 Å². The Morgan fingerprint density at radius 2 is 1.87 bits per heavy atom. The number of nitrogens with zero attached hydrogens (tertiary/aromatic N) is 4. The average molecular weight is 461 g/mol. The Kier molecular flexibility index (Phi) is 6.83. The summed E-state index contributed by atoms with van der Waals surface area (Å²) in [6, 6.07) is 12.4. The molecule has 1 saturated carbocycles. The number of halogens is 3. The molecule has 0 N–H and O–H groups in total. The lowest BCUT2D eigenvalue weighted by molar-refractivity contribution is 0.525. The zero-order valence-electron chi connectivity index (χ0n) is 17.9. The molecule has 7 heteroatoms. The van der Waals surface area contributed by atoms with Crippen molar-refractivity contribution in [3.63, 3.8) is 0 Å². The van der Waals surface area contributed by atoms with Crippen LogP contribution >= 0.6 is 23.2 Å². The van der Waals surface area contributed by atoms with Gasteiger partial charge < -0.3 is 4.90 Å². The zero-order chi connectivity index (χ0) is 22.0. The van der Waals surface area contributed by atoms with Crippen molar-refractivity contribution in [1.82, 2.24) is 14.8 Å². The number of aryl methyl sites for hydroxylation is 1. The largest absolute Gasteiger partial charge is 0.332 e. The summed E-state index contributed by atoms with van der Waals surface area (Å²) < 4.78 is 15.4. The molecule has 0 radical (unpaired) electrons. The highest BCUT2D eigenvalue weighted by atomic mass is 35.5. The van der Waals surface area contributed by atoms with E-state index in [1.54, 1.807) is 6.07 Å². The fraction of sp³-hybridized carbons (Fsp3) is 0.417. The Balaban J connectivity index is 1.75. The molecule has 164 valence electrons. The summed E-state index contributed by atoms with van der Waals surface area (Å²) in [5.41, 5.74) is 1.86. The van der Waals surface area contributed by atoms with E-state index in [1.807, 2.05) is 28.9 Å². The number of benzene rings is 2. The second-order valence-electron chi connectivity index (χ2n) is 8.13. The maximum absolute atomic E-state index is 13.6. The van der Waals surface area contributed by atoms with Gasteiger partial charge >= 0.3 is 0 Å². The Morgan fingerprint density at radius 3 is 2.48 bits per heavy atom. The Hall–Kier alpha value is -2.11. The zero-order valence-corrected chi connectivity index (χ0v) is 19.4. The fourth-order valence-electron chi connectivity index (χ4n) is 3.96. The summed E-state index contributed by atoms with van der Waals surface area (Å²) in [7, 11) is 0. The first-order valence-corrected chi connectivity index (χ1v) is 11.7. The van der Waals surface area contributed by atoms with Gasteiger partial charge in [-0.3, -0.25) is 0 Å². The lowest BCUT2D eigenvalue weighted by atomic mass is 9.99. The smallest absolute Gasteiger partial charge is 0.245 e. The van der Waals surface area contributed by atoms with Gasteiger partial charge in [-0.2, -0.15) is 4.98 Å². The summed E-state index contributed by atoms with van der Waals surface area (Å²) in [6.45, 7) is 5.02. The highest BCUT2D eigenvalue weighted by Gasteiger charge is 2.32. The second-order valence-corrected chi connectivity index (χ2v) is 8.97. The molecule has 0 saturated heterocycles. The van der Waals surface area contributed by atoms with Crippen LogP contribution in [0.5, 0.6) is 0 Å². The molecule has 0 aliphatic heterocycles. The molecular weight excluding hydrogens is 434 g/mol. The van der Waals surface area contributed by atoms with E-state index >= 15 is 0 Å². The number of anilines is 1. The summed E-state index contributed by atoms with van der Waals surface area (Å²) in [6.07, 6.45) is 5.19. The molecule has 4 rings (SSSR count). The third-order valence-electron chi connectivity index (χ3n) is 5.72. The molecule has 1 aliphatic rings. The van der Waals surface area contributed by atoms with E-state index in [0.717, 1.165) is 42.9 Å². The third kappa shape index (κ3) is 5.04. The number of hydrogen-bond donors (Lipinski definition) is 0. The first-order chi connectivity index (χ1) is 15.0. The molecule has 0 spiro atoms. The molecule has 1 atom stereocenters. The van der Waals surface area contributed by atoms with Gasteiger partial charge in [-0.05, 0) is 54.7 Å². The van der Waals surface area contributed by atoms with Crippen molar-refractivity contribution in [2.45, 2.75) is 52.0 Å². The van der Waals surface area contributed by atoms with E-state index in [2.05, 4.69) is 18.7 Å². The van der Waals surface area contributed by atoms with Crippen LogP contribution in [0.3, 0.4) is 0 Å². The molecule has 1 fully saturated rings. The minimum Gasteiger partial charge on any atom is -0.332 e. The van der Waals surface area contributed by atoms with E-state index in [4.69, 9.17) is 33.3 Å². The SMILES string of the molecule is CCCN(c1nc(CC)n(-c2ccc(Cl)cc2Cl)n1)C(CC1CC1)c1ccc(F)cc1. The quantitative estimate of drug-likeness (QED) is 0.343. The van der Waals surface area contributed by atoms with E-state index in [-0.39, 0.29) is 11.9 Å². The Labute approximate surface area is 193 Å². The van der Waals surface area contributed by atoms with Crippen molar-refractivity contribution in [1.29, 1.82) is 0 Å². The van der Waals surface area contributed by atoms with Crippen molar-refractivity contribution < 1.29 is 4.39 Å². The van der Waals surface area contributed by atoms with Gasteiger partial charge in [0, 0.05) is 18.0 Å². The van der Waals surface area contributed by atoms with Crippen molar-refractivity contribution >= 4 is 29.2 Å². The summed E-state index contributed by atoms with van der Waals surface area (Å²) in [5.74, 6) is 2.00. The molecule has 1 heterocycles. The van der Waals surface area contributed by atoms with Gasteiger partial charge in [-0.25, -0.2) is 9.07 Å². The van der Waals surface area contributed by atoms with Gasteiger partial charge in [-0.15, -0.1) is 5.10 Å². The van der Waals surface area contributed by atoms with Crippen LogP contribution in [0.2, 0.25) is 10.0 Å². The van der Waals surface area contributed by atoms with Gasteiger partial charge in [-0.1, -0.05) is 62.0 Å². The van der Waals surface area contributed by atoms with Crippen molar-refractivity contribution in [3.8, 4) is 5.69 Å². The summed E-state index contributed by atoms with van der Waals surface area (Å²) >= 11 is 12.6. The van der Waals surface area contributed by atoms with Crippen molar-refractivity contribution in [3.05, 3.63) is 69.7 Å². The Bertz CT molecular complexity index is 1030. The molecule has 0 amide bonds. The molecular formula is C24H27Cl2FN4. The van der Waals surface area contributed by atoms with Gasteiger partial charge in [0.05, 0.1) is 16.8 Å². The molecule has 3 aromatic rings. The fourth-order valence-corrected chi connectivity index (χ4v) is 4.45. The second kappa shape index (κ2) is 9.58. The Morgan fingerprint density at radius 1 is 1.13 bits per heavy atom. The predicted molar refractivity (Wildman–Crippen MR) is 125 cm³/mol. The summed E-state index contributed by atoms with van der Waals surface area (Å²) in [4.78, 5) is 7.16. The number of rotatable bonds is 9. The average Bonchev–Trinajstić information content (AvgIpc) is 3.48. The summed E-state index contributed by atoms with van der Waals surface area (Å²) in [5, 5.41) is 6.00. The molecule has 4 nitrogen and oxygen atoms in total. The van der Waals surface area contributed by atoms with Crippen LogP contribution in [0, 0.1) is 11.7 Å². The molecule has 0 bridgehead atoms. The van der Waals surface area contributed by atoms with E-state index in [1.165, 1.54) is 25.0 Å². The molecule has 1 unspecified atom stereocenters. The van der Waals surface area contributed by atoms with Crippen molar-refractivity contribution in [2.75, 3.05) is 11.4 Å². The maximum Gasteiger partial charge on any atom is 0.245 e. The molecule has 31 heavy (non-hydrogen) atoms. The lowest BCUT2D eigenvalue weighted by Crippen LogP contribution is -2.31. The highest BCUT2D eigenvalue weighted by molar-refractivity contribution is 6.35. The van der Waals surface area contributed by atoms with Gasteiger partial charge in [0.15, 0.2) is 0 Å². The van der Waals surface area contributed by atoms with Crippen LogP contribution in [0.15, 0.2) is 42.5 Å². The first kappa shape index (κ1) is 22.1. The van der Waals surface area contributed by atoms with E-state index in [0.29, 0.717) is 21.9 Å². The first-order valence-electron chi connectivity index (χ1n) is 10.9. The molecule has 2 aromatic carbocycles. The van der Waals surface area contributed by atoms with Crippen LogP contribution in [-0.2, 0) is 6.42 Å². The van der Waals surface area contributed by atoms with Crippen LogP contribution < -0.4 is 4.90 Å². The number of hydrogen-bond acceptors (Lipinski definition) is 3. The van der Waals surface area contributed by atoms with Crippen LogP contribution in [-0.4, -0.2) is 21.3 Å². The lowest BCUT2D eigenvalue weighted by Gasteiger charge is -2.31. The molecule has 1 aromatic heterocycles. The minimum absolute atomic E-state index is 0.106. The van der Waals surface area contributed by atoms with E-state index in [9.17, 15) is 4.39 Å². The highest BCUT2D eigenvalue weighted by Crippen LogP contribution is 2.41. The maximum atomic E-state index is 13.6. The van der Waals surface area contributed by atoms with Gasteiger partial charge in [0.25, 0.3) is 0 Å². The minimum atomic E-state index is -0.219. The van der Waals surface area contributed by atoms with E-state index < -0.39 is 0 Å². The van der Waals surface area contributed by atoms with Crippen LogP contribution in [0.1, 0.15) is 57.0 Å². The normalized spacial score (nSPS) is 14.6. The number of aromatic nitrogens is 3. The predicted octanol–water partition coefficient (Wildman–Crippen LogP) is 7.03. The standard InChI is InChI=1S/C24H27Cl2FN4/c1-3-13-30(22(14-16-5-6-16)17-7-10-19(27)11-8-17)24-28-23(4-2)31(29-24)21-12-9-18(25)15-20(21)26/h7-12,15-16,22H,3-6,13-14H2,1-2H3.